The van der Waals surface area contributed by atoms with Gasteiger partial charge in [0, 0.05) is 35.6 Å². The molecule has 4 aromatic rings. The van der Waals surface area contributed by atoms with Gasteiger partial charge in [0.1, 0.15) is 5.52 Å². The van der Waals surface area contributed by atoms with Crippen LogP contribution in [0.5, 0.6) is 0 Å². The van der Waals surface area contributed by atoms with E-state index in [1.807, 2.05) is 61.5 Å². The van der Waals surface area contributed by atoms with E-state index in [1.54, 1.807) is 16.5 Å². The molecular weight excluding hydrogens is 396 g/mol. The summed E-state index contributed by atoms with van der Waals surface area (Å²) in [7, 11) is 1.77. The topological polar surface area (TPSA) is 101 Å². The molecule has 0 aliphatic heterocycles. The highest BCUT2D eigenvalue weighted by Gasteiger charge is 2.26. The lowest BCUT2D eigenvalue weighted by Gasteiger charge is -2.21. The molecule has 0 fully saturated rings. The van der Waals surface area contributed by atoms with Gasteiger partial charge in [-0.1, -0.05) is 36.4 Å². The number of aliphatic hydroxyl groups excluding tert-OH is 2. The second-order valence-corrected chi connectivity index (χ2v) is 7.36. The number of carbonyl (C=O) groups is 1. The highest BCUT2D eigenvalue weighted by Crippen LogP contribution is 2.29. The number of amides is 1. The van der Waals surface area contributed by atoms with Crippen LogP contribution in [0.3, 0.4) is 0 Å². The van der Waals surface area contributed by atoms with Crippen molar-refractivity contribution in [2.24, 2.45) is 7.05 Å². The van der Waals surface area contributed by atoms with E-state index in [4.69, 9.17) is 0 Å². The molecule has 0 spiro atoms. The number of carbonyl (C=O) groups excluding carboxylic acids is 1. The van der Waals surface area contributed by atoms with E-state index < -0.39 is 18.3 Å². The molecule has 4 rings (SSSR count). The van der Waals surface area contributed by atoms with Crippen LogP contribution < -0.4 is 10.5 Å². The fourth-order valence-corrected chi connectivity index (χ4v) is 3.93. The number of fused-ring (bicyclic) bond motifs is 3. The SMILES string of the molecule is CCN(C(=O)c1nn(CC(O)CO)c(=O)c2c1c1ccccc1n2C)c1ccccc1. The second-order valence-electron chi connectivity index (χ2n) is 7.36. The Morgan fingerprint density at radius 2 is 1.81 bits per heavy atom. The summed E-state index contributed by atoms with van der Waals surface area (Å²) in [6, 6.07) is 16.7. The molecule has 0 radical (unpaired) electrons. The van der Waals surface area contributed by atoms with Gasteiger partial charge in [-0.2, -0.15) is 5.10 Å². The predicted molar refractivity (Wildman–Crippen MR) is 119 cm³/mol. The van der Waals surface area contributed by atoms with Gasteiger partial charge < -0.3 is 19.7 Å². The number of aliphatic hydroxyl groups is 2. The number of para-hydroxylation sites is 2. The number of anilines is 1. The summed E-state index contributed by atoms with van der Waals surface area (Å²) in [4.78, 5) is 28.5. The van der Waals surface area contributed by atoms with Crippen molar-refractivity contribution in [1.82, 2.24) is 14.3 Å². The van der Waals surface area contributed by atoms with E-state index in [0.717, 1.165) is 21.3 Å². The van der Waals surface area contributed by atoms with Gasteiger partial charge in [-0.15, -0.1) is 0 Å². The third-order valence-corrected chi connectivity index (χ3v) is 5.43. The summed E-state index contributed by atoms with van der Waals surface area (Å²) < 4.78 is 2.81. The Labute approximate surface area is 178 Å². The number of hydrogen-bond acceptors (Lipinski definition) is 5. The quantitative estimate of drug-likeness (QED) is 0.496. The van der Waals surface area contributed by atoms with Gasteiger partial charge in [0.15, 0.2) is 5.69 Å². The molecule has 2 aromatic carbocycles. The largest absolute Gasteiger partial charge is 0.394 e. The number of rotatable bonds is 6. The maximum atomic E-state index is 13.7. The summed E-state index contributed by atoms with van der Waals surface area (Å²) in [6.45, 7) is 1.55. The van der Waals surface area contributed by atoms with Crippen molar-refractivity contribution in [3.05, 3.63) is 70.6 Å². The number of aromatic nitrogens is 3. The third kappa shape index (κ3) is 3.49. The second kappa shape index (κ2) is 8.33. The summed E-state index contributed by atoms with van der Waals surface area (Å²) >= 11 is 0. The molecule has 160 valence electrons. The normalized spacial score (nSPS) is 12.4. The fourth-order valence-electron chi connectivity index (χ4n) is 3.93. The molecule has 0 saturated carbocycles. The lowest BCUT2D eigenvalue weighted by atomic mass is 10.1. The van der Waals surface area contributed by atoms with Crippen LogP contribution in [-0.2, 0) is 13.6 Å². The molecule has 0 saturated heterocycles. The Hall–Kier alpha value is -3.49. The van der Waals surface area contributed by atoms with Gasteiger partial charge in [-0.25, -0.2) is 4.68 Å². The summed E-state index contributed by atoms with van der Waals surface area (Å²) in [5.41, 5.74) is 1.54. The molecule has 2 heterocycles. The Balaban J connectivity index is 2.03. The fraction of sp³-hybridized carbons (Fsp3) is 0.261. The zero-order valence-electron chi connectivity index (χ0n) is 17.4. The maximum absolute atomic E-state index is 13.7. The van der Waals surface area contributed by atoms with Gasteiger partial charge in [0.05, 0.1) is 19.3 Å². The first-order chi connectivity index (χ1) is 15.0. The van der Waals surface area contributed by atoms with Crippen LogP contribution in [-0.4, -0.2) is 49.7 Å². The first-order valence-electron chi connectivity index (χ1n) is 10.1. The zero-order chi connectivity index (χ0) is 22.1. The molecule has 0 aliphatic carbocycles. The molecular formula is C23H24N4O4. The third-order valence-electron chi connectivity index (χ3n) is 5.43. The van der Waals surface area contributed by atoms with Crippen molar-refractivity contribution in [3.8, 4) is 0 Å². The Kier molecular flexibility index (Phi) is 5.58. The minimum atomic E-state index is -1.17. The molecule has 1 atom stereocenters. The smallest absolute Gasteiger partial charge is 0.291 e. The van der Waals surface area contributed by atoms with E-state index in [-0.39, 0.29) is 18.1 Å². The number of nitrogens with zero attached hydrogens (tertiary/aromatic N) is 4. The van der Waals surface area contributed by atoms with E-state index in [9.17, 15) is 19.8 Å². The minimum absolute atomic E-state index is 0.127. The van der Waals surface area contributed by atoms with E-state index in [2.05, 4.69) is 5.10 Å². The monoisotopic (exact) mass is 420 g/mol. The molecule has 8 nitrogen and oxygen atoms in total. The molecule has 1 unspecified atom stereocenters. The molecule has 2 aromatic heterocycles. The van der Waals surface area contributed by atoms with Crippen LogP contribution in [0, 0.1) is 0 Å². The standard InChI is InChI=1S/C23H24N4O4/c1-3-26(15-9-5-4-6-10-15)22(30)20-19-17-11-7-8-12-18(17)25(2)21(19)23(31)27(24-20)13-16(29)14-28/h4-12,16,28-29H,3,13-14H2,1-2H3. The lowest BCUT2D eigenvalue weighted by Crippen LogP contribution is -2.36. The molecule has 0 aliphatic rings. The highest BCUT2D eigenvalue weighted by atomic mass is 16.3. The van der Waals surface area contributed by atoms with Crippen molar-refractivity contribution in [2.45, 2.75) is 19.6 Å². The van der Waals surface area contributed by atoms with Gasteiger partial charge in [0.2, 0.25) is 0 Å². The van der Waals surface area contributed by atoms with Crippen molar-refractivity contribution in [2.75, 3.05) is 18.1 Å². The van der Waals surface area contributed by atoms with Gasteiger partial charge in [-0.05, 0) is 25.1 Å². The molecule has 0 bridgehead atoms. The number of hydrogen-bond donors (Lipinski definition) is 2. The van der Waals surface area contributed by atoms with Crippen molar-refractivity contribution in [1.29, 1.82) is 0 Å². The summed E-state index contributed by atoms with van der Waals surface area (Å²) in [5, 5.41) is 24.8. The van der Waals surface area contributed by atoms with Crippen LogP contribution in [0.25, 0.3) is 21.8 Å². The van der Waals surface area contributed by atoms with Crippen molar-refractivity contribution in [3.63, 3.8) is 0 Å². The van der Waals surface area contributed by atoms with Crippen LogP contribution >= 0.6 is 0 Å². The van der Waals surface area contributed by atoms with Gasteiger partial charge >= 0.3 is 0 Å². The number of aryl methyl sites for hydroxylation is 1. The van der Waals surface area contributed by atoms with Crippen LogP contribution in [0.1, 0.15) is 17.4 Å². The van der Waals surface area contributed by atoms with Crippen molar-refractivity contribution < 1.29 is 15.0 Å². The first kappa shape index (κ1) is 20.8. The number of benzene rings is 2. The van der Waals surface area contributed by atoms with E-state index in [0.29, 0.717) is 17.4 Å². The lowest BCUT2D eigenvalue weighted by molar-refractivity contribution is 0.0766. The first-order valence-corrected chi connectivity index (χ1v) is 10.1. The molecule has 2 N–H and O–H groups in total. The Morgan fingerprint density at radius 1 is 1.13 bits per heavy atom. The van der Waals surface area contributed by atoms with Gasteiger partial charge in [0.25, 0.3) is 11.5 Å². The predicted octanol–water partition coefficient (Wildman–Crippen LogP) is 1.91. The molecule has 31 heavy (non-hydrogen) atoms. The van der Waals surface area contributed by atoms with Crippen molar-refractivity contribution >= 4 is 33.4 Å². The minimum Gasteiger partial charge on any atom is -0.394 e. The van der Waals surface area contributed by atoms with E-state index in [1.165, 1.54) is 0 Å². The maximum Gasteiger partial charge on any atom is 0.291 e. The highest BCUT2D eigenvalue weighted by molar-refractivity contribution is 6.20. The average Bonchev–Trinajstić information content (AvgIpc) is 3.10. The van der Waals surface area contributed by atoms with Gasteiger partial charge in [-0.3, -0.25) is 9.59 Å². The molecule has 1 amide bonds. The zero-order valence-corrected chi connectivity index (χ0v) is 17.4. The van der Waals surface area contributed by atoms with Crippen LogP contribution in [0.15, 0.2) is 59.4 Å². The Bertz CT molecular complexity index is 1310. The van der Waals surface area contributed by atoms with E-state index >= 15 is 0 Å². The molecule has 8 heteroatoms. The summed E-state index contributed by atoms with van der Waals surface area (Å²) in [6.07, 6.45) is -1.17. The van der Waals surface area contributed by atoms with Crippen LogP contribution in [0.4, 0.5) is 5.69 Å². The average molecular weight is 420 g/mol. The summed E-state index contributed by atoms with van der Waals surface area (Å²) in [5.74, 6) is -0.345. The van der Waals surface area contributed by atoms with Crippen LogP contribution in [0.2, 0.25) is 0 Å². The Morgan fingerprint density at radius 3 is 2.48 bits per heavy atom.